The molecule has 1 aromatic rings. The Morgan fingerprint density at radius 3 is 2.16 bits per heavy atom. The molecule has 0 bridgehead atoms. The third-order valence-corrected chi connectivity index (χ3v) is 8.50. The molecule has 0 N–H and O–H groups in total. The van der Waals surface area contributed by atoms with Gasteiger partial charge < -0.3 is 0 Å². The zero-order chi connectivity index (χ0) is 14.5. The average Bonchev–Trinajstić information content (AvgIpc) is 2.45. The van der Waals surface area contributed by atoms with Crippen molar-refractivity contribution in [2.45, 2.75) is 4.56 Å². The second kappa shape index (κ2) is 7.44. The average molecular weight is 372 g/mol. The fourth-order valence-electron chi connectivity index (χ4n) is 1.25. The number of rotatable bonds is 6. The van der Waals surface area contributed by atoms with Gasteiger partial charge in [0.05, 0.1) is 0 Å². The van der Waals surface area contributed by atoms with Crippen molar-refractivity contribution in [1.82, 2.24) is 0 Å². The van der Waals surface area contributed by atoms with Gasteiger partial charge >= 0.3 is 123 Å². The van der Waals surface area contributed by atoms with Gasteiger partial charge in [-0.15, -0.1) is 0 Å². The molecule has 0 saturated heterocycles. The monoisotopic (exact) mass is 372 g/mol. The summed E-state index contributed by atoms with van der Waals surface area (Å²) in [6, 6.07) is 6.96. The Kier molecular flexibility index (Phi) is 6.54. The summed E-state index contributed by atoms with van der Waals surface area (Å²) in [5, 5.41) is 0.593. The summed E-state index contributed by atoms with van der Waals surface area (Å²) >= 11 is 5.33. The Hall–Kier alpha value is -0.351. The van der Waals surface area contributed by atoms with Gasteiger partial charge in [-0.3, -0.25) is 0 Å². The molecule has 8 heteroatoms. The van der Waals surface area contributed by atoms with Crippen LogP contribution in [0.2, 0.25) is 5.02 Å². The van der Waals surface area contributed by atoms with Crippen LogP contribution in [0.1, 0.15) is 0 Å². The summed E-state index contributed by atoms with van der Waals surface area (Å²) in [6.07, 6.45) is 0. The maximum absolute atomic E-state index is 12.4. The van der Waals surface area contributed by atoms with Gasteiger partial charge in [0.25, 0.3) is 0 Å². The minimum atomic E-state index is -3.52. The molecule has 0 aliphatic rings. The van der Waals surface area contributed by atoms with Gasteiger partial charge in [0, 0.05) is 0 Å². The van der Waals surface area contributed by atoms with E-state index < -0.39 is 33.1 Å². The molecule has 5 nitrogen and oxygen atoms in total. The predicted octanol–water partition coefficient (Wildman–Crippen LogP) is 1.65. The van der Waals surface area contributed by atoms with E-state index in [0.717, 1.165) is 4.46 Å². The SMILES string of the molecule is COC(=O)C([Se]c1ccc(Cl)cc1)P(=O)(OC)OC. The van der Waals surface area contributed by atoms with Crippen molar-refractivity contribution in [3.63, 3.8) is 0 Å². The number of hydrogen-bond donors (Lipinski definition) is 0. The summed E-state index contributed by atoms with van der Waals surface area (Å²) < 4.78 is 26.7. The van der Waals surface area contributed by atoms with Crippen LogP contribution >= 0.6 is 19.2 Å². The topological polar surface area (TPSA) is 61.8 Å². The third-order valence-electron chi connectivity index (χ3n) is 2.26. The molecule has 0 aromatic heterocycles. The van der Waals surface area contributed by atoms with Crippen LogP contribution in [0, 0.1) is 0 Å². The van der Waals surface area contributed by atoms with Crippen molar-refractivity contribution < 1.29 is 23.1 Å². The molecule has 0 aliphatic carbocycles. The Labute approximate surface area is 123 Å². The van der Waals surface area contributed by atoms with Crippen molar-refractivity contribution in [3.05, 3.63) is 29.3 Å². The Morgan fingerprint density at radius 1 is 1.21 bits per heavy atom. The molecule has 0 spiro atoms. The molecule has 1 aromatic carbocycles. The number of benzene rings is 1. The van der Waals surface area contributed by atoms with Gasteiger partial charge in [0.2, 0.25) is 0 Å². The van der Waals surface area contributed by atoms with Crippen LogP contribution in [-0.2, 0) is 23.1 Å². The van der Waals surface area contributed by atoms with Gasteiger partial charge in [0.15, 0.2) is 0 Å². The van der Waals surface area contributed by atoms with E-state index in [0.29, 0.717) is 5.02 Å². The van der Waals surface area contributed by atoms with E-state index in [2.05, 4.69) is 4.74 Å². The molecule has 1 atom stereocenters. The number of carbonyl (C=O) groups excluding carboxylic acids is 1. The van der Waals surface area contributed by atoms with E-state index >= 15 is 0 Å². The quantitative estimate of drug-likeness (QED) is 0.432. The Morgan fingerprint density at radius 2 is 1.74 bits per heavy atom. The maximum atomic E-state index is 12.4. The summed E-state index contributed by atoms with van der Waals surface area (Å²) in [5.41, 5.74) is 0. The van der Waals surface area contributed by atoms with E-state index in [9.17, 15) is 9.36 Å². The van der Waals surface area contributed by atoms with E-state index in [1.807, 2.05) is 0 Å². The number of carbonyl (C=O) groups is 1. The number of ether oxygens (including phenoxy) is 1. The molecule has 19 heavy (non-hydrogen) atoms. The molecule has 0 amide bonds. The molecular formula is C11H14ClO5PSe. The molecule has 0 heterocycles. The second-order valence-electron chi connectivity index (χ2n) is 3.35. The van der Waals surface area contributed by atoms with Crippen molar-refractivity contribution >= 4 is 44.6 Å². The number of hydrogen-bond acceptors (Lipinski definition) is 5. The normalized spacial score (nSPS) is 13.1. The first kappa shape index (κ1) is 16.7. The van der Waals surface area contributed by atoms with Crippen LogP contribution in [-0.4, -0.2) is 46.8 Å². The molecule has 0 aliphatic heterocycles. The minimum absolute atomic E-state index is 0.459. The molecule has 1 unspecified atom stereocenters. The van der Waals surface area contributed by atoms with Gasteiger partial charge in [-0.1, -0.05) is 0 Å². The molecule has 106 valence electrons. The van der Waals surface area contributed by atoms with Gasteiger partial charge in [0.1, 0.15) is 0 Å². The number of halogens is 1. The van der Waals surface area contributed by atoms with Gasteiger partial charge in [-0.2, -0.15) is 0 Å². The third kappa shape index (κ3) is 4.32. The van der Waals surface area contributed by atoms with Crippen LogP contribution in [0.5, 0.6) is 0 Å². The summed E-state index contributed by atoms with van der Waals surface area (Å²) in [6.45, 7) is 0. The molecule has 0 radical (unpaired) electrons. The van der Waals surface area contributed by atoms with Crippen molar-refractivity contribution in [3.8, 4) is 0 Å². The first-order chi connectivity index (χ1) is 8.96. The van der Waals surface area contributed by atoms with Gasteiger partial charge in [-0.05, 0) is 0 Å². The molecule has 0 saturated carbocycles. The van der Waals surface area contributed by atoms with Crippen LogP contribution < -0.4 is 4.46 Å². The first-order valence-corrected chi connectivity index (χ1v) is 9.01. The predicted molar refractivity (Wildman–Crippen MR) is 74.3 cm³/mol. The fraction of sp³-hybridized carbons (Fsp3) is 0.364. The standard InChI is InChI=1S/C11H14ClO5PSe/c1-15-10(13)11(18(14,16-2)17-3)19-9-6-4-8(12)5-7-9/h4-7,11H,1-3H3. The van der Waals surface area contributed by atoms with E-state index in [-0.39, 0.29) is 0 Å². The van der Waals surface area contributed by atoms with Crippen LogP contribution in [0.3, 0.4) is 0 Å². The Bertz CT molecular complexity index is 470. The van der Waals surface area contributed by atoms with Gasteiger partial charge in [-0.25, -0.2) is 0 Å². The van der Waals surface area contributed by atoms with E-state index in [4.69, 9.17) is 20.6 Å². The van der Waals surface area contributed by atoms with Crippen molar-refractivity contribution in [2.24, 2.45) is 0 Å². The molecule has 1 rings (SSSR count). The van der Waals surface area contributed by atoms with E-state index in [1.165, 1.54) is 21.3 Å². The van der Waals surface area contributed by atoms with Crippen molar-refractivity contribution in [2.75, 3.05) is 21.3 Å². The zero-order valence-electron chi connectivity index (χ0n) is 10.7. The van der Waals surface area contributed by atoms with Crippen molar-refractivity contribution in [1.29, 1.82) is 0 Å². The van der Waals surface area contributed by atoms with E-state index in [1.54, 1.807) is 24.3 Å². The first-order valence-electron chi connectivity index (χ1n) is 5.18. The summed E-state index contributed by atoms with van der Waals surface area (Å²) in [4.78, 5) is 11.8. The fourth-order valence-corrected chi connectivity index (χ4v) is 6.49. The summed E-state index contributed by atoms with van der Waals surface area (Å²) in [5.74, 6) is -0.609. The van der Waals surface area contributed by atoms with Crippen LogP contribution in [0.4, 0.5) is 0 Å². The van der Waals surface area contributed by atoms with Crippen LogP contribution in [0.15, 0.2) is 24.3 Å². The second-order valence-corrected chi connectivity index (χ2v) is 9.37. The molecule has 0 fully saturated rings. The van der Waals surface area contributed by atoms with Crippen LogP contribution in [0.25, 0.3) is 0 Å². The molecular weight excluding hydrogens is 358 g/mol. The number of methoxy groups -OCH3 is 1. The zero-order valence-corrected chi connectivity index (χ0v) is 14.0. The number of esters is 1. The summed E-state index contributed by atoms with van der Waals surface area (Å²) in [7, 11) is 0.214. The Balaban J connectivity index is 3.02.